The molecule has 0 spiro atoms. The molecule has 4 nitrogen and oxygen atoms in total. The van der Waals surface area contributed by atoms with Crippen molar-refractivity contribution in [3.05, 3.63) is 71.4 Å². The van der Waals surface area contributed by atoms with Crippen LogP contribution >= 0.6 is 0 Å². The molecular weight excluding hydrogens is 345 g/mol. The lowest BCUT2D eigenvalue weighted by molar-refractivity contribution is -0.149. The molecule has 0 saturated heterocycles. The normalized spacial score (nSPS) is 12.9. The molecule has 26 heavy (non-hydrogen) atoms. The Morgan fingerprint density at radius 2 is 1.77 bits per heavy atom. The second-order valence-electron chi connectivity index (χ2n) is 5.93. The monoisotopic (exact) mass is 362 g/mol. The summed E-state index contributed by atoms with van der Waals surface area (Å²) in [5, 5.41) is 0.943. The lowest BCUT2D eigenvalue weighted by Crippen LogP contribution is -2.34. The van der Waals surface area contributed by atoms with Gasteiger partial charge < -0.3 is 15.5 Å². The fourth-order valence-corrected chi connectivity index (χ4v) is 2.80. The van der Waals surface area contributed by atoms with Gasteiger partial charge in [-0.2, -0.15) is 13.2 Å². The van der Waals surface area contributed by atoms with E-state index in [9.17, 15) is 18.0 Å². The first-order valence-electron chi connectivity index (χ1n) is 7.98. The van der Waals surface area contributed by atoms with Crippen molar-refractivity contribution in [2.45, 2.75) is 25.2 Å². The lowest BCUT2D eigenvalue weighted by Gasteiger charge is -2.15. The van der Waals surface area contributed by atoms with Crippen LogP contribution in [0.2, 0.25) is 0 Å². The van der Waals surface area contributed by atoms with E-state index >= 15 is 0 Å². The molecule has 0 saturated carbocycles. The molecule has 0 unspecified atom stereocenters. The number of hydrogen-bond donors (Lipinski definition) is 2. The summed E-state index contributed by atoms with van der Waals surface area (Å²) in [4.78, 5) is 15.2. The van der Waals surface area contributed by atoms with Crippen LogP contribution < -0.4 is 5.73 Å². The van der Waals surface area contributed by atoms with Gasteiger partial charge >= 0.3 is 12.1 Å². The number of aromatic nitrogens is 1. The molecule has 0 fully saturated rings. The number of carbonyl (C=O) groups is 1. The second-order valence-corrected chi connectivity index (χ2v) is 5.93. The number of para-hydroxylation sites is 1. The van der Waals surface area contributed by atoms with Crippen LogP contribution in [0.3, 0.4) is 0 Å². The highest BCUT2D eigenvalue weighted by Crippen LogP contribution is 2.32. The van der Waals surface area contributed by atoms with E-state index in [1.165, 1.54) is 18.2 Å². The maximum Gasteiger partial charge on any atom is 0.416 e. The Morgan fingerprint density at radius 3 is 2.54 bits per heavy atom. The van der Waals surface area contributed by atoms with Crippen molar-refractivity contribution in [2.75, 3.05) is 0 Å². The highest BCUT2D eigenvalue weighted by atomic mass is 19.4. The zero-order valence-electron chi connectivity index (χ0n) is 13.7. The van der Waals surface area contributed by atoms with Crippen molar-refractivity contribution in [3.63, 3.8) is 0 Å². The molecule has 136 valence electrons. The average molecular weight is 362 g/mol. The van der Waals surface area contributed by atoms with Crippen LogP contribution in [0, 0.1) is 0 Å². The van der Waals surface area contributed by atoms with E-state index < -0.39 is 30.4 Å². The van der Waals surface area contributed by atoms with Gasteiger partial charge in [-0.1, -0.05) is 36.4 Å². The minimum Gasteiger partial charge on any atom is -0.460 e. The number of H-pyrrole nitrogens is 1. The summed E-state index contributed by atoms with van der Waals surface area (Å²) < 4.78 is 43.9. The van der Waals surface area contributed by atoms with Gasteiger partial charge in [-0.3, -0.25) is 4.79 Å². The highest BCUT2D eigenvalue weighted by molar-refractivity contribution is 5.84. The maximum atomic E-state index is 13.0. The van der Waals surface area contributed by atoms with E-state index in [0.29, 0.717) is 0 Å². The van der Waals surface area contributed by atoms with E-state index in [-0.39, 0.29) is 12.0 Å². The molecule has 0 radical (unpaired) electrons. The zero-order valence-corrected chi connectivity index (χ0v) is 13.7. The van der Waals surface area contributed by atoms with Crippen molar-refractivity contribution in [1.82, 2.24) is 4.98 Å². The number of ether oxygens (including phenoxy) is 1. The molecule has 7 heteroatoms. The van der Waals surface area contributed by atoms with Crippen molar-refractivity contribution in [3.8, 4) is 0 Å². The number of rotatable bonds is 5. The quantitative estimate of drug-likeness (QED) is 0.679. The molecule has 0 aliphatic carbocycles. The first kappa shape index (κ1) is 18.0. The zero-order chi connectivity index (χ0) is 18.7. The van der Waals surface area contributed by atoms with Crippen LogP contribution in [-0.4, -0.2) is 17.0 Å². The average Bonchev–Trinajstić information content (AvgIpc) is 3.02. The van der Waals surface area contributed by atoms with Gasteiger partial charge in [0.25, 0.3) is 0 Å². The summed E-state index contributed by atoms with van der Waals surface area (Å²) in [5.74, 6) is -0.743. The number of nitrogens with one attached hydrogen (secondary N) is 1. The third-order valence-corrected chi connectivity index (χ3v) is 4.11. The van der Waals surface area contributed by atoms with Crippen molar-refractivity contribution in [1.29, 1.82) is 0 Å². The summed E-state index contributed by atoms with van der Waals surface area (Å²) in [7, 11) is 0. The molecule has 0 aliphatic rings. The molecule has 1 heterocycles. The predicted octanol–water partition coefficient (Wildman–Crippen LogP) is 3.80. The second kappa shape index (κ2) is 7.21. The number of alkyl halides is 3. The molecule has 0 bridgehead atoms. The molecule has 0 aliphatic heterocycles. The number of benzene rings is 2. The summed E-state index contributed by atoms with van der Waals surface area (Å²) in [6.07, 6.45) is -2.52. The van der Waals surface area contributed by atoms with E-state index in [2.05, 4.69) is 4.98 Å². The van der Waals surface area contributed by atoms with E-state index in [1.807, 2.05) is 24.3 Å². The number of esters is 1. The van der Waals surface area contributed by atoms with Crippen molar-refractivity contribution < 1.29 is 22.7 Å². The third-order valence-electron chi connectivity index (χ3n) is 4.11. The van der Waals surface area contributed by atoms with Gasteiger partial charge in [0.05, 0.1) is 5.56 Å². The fraction of sp³-hybridized carbons (Fsp3) is 0.211. The number of carbonyl (C=O) groups excluding carboxylic acids is 1. The smallest absolute Gasteiger partial charge is 0.416 e. The Kier molecular flexibility index (Phi) is 4.99. The first-order valence-corrected chi connectivity index (χ1v) is 7.98. The topological polar surface area (TPSA) is 68.1 Å². The maximum absolute atomic E-state index is 13.0. The Hall–Kier alpha value is -2.80. The molecule has 1 aromatic heterocycles. The van der Waals surface area contributed by atoms with Gasteiger partial charge in [0.2, 0.25) is 0 Å². The number of fused-ring (bicyclic) bond motifs is 1. The van der Waals surface area contributed by atoms with Crippen molar-refractivity contribution >= 4 is 16.9 Å². The van der Waals surface area contributed by atoms with E-state index in [1.54, 1.807) is 6.20 Å². The lowest BCUT2D eigenvalue weighted by atomic mass is 10.1. The third kappa shape index (κ3) is 3.88. The van der Waals surface area contributed by atoms with Crippen LogP contribution in [0.1, 0.15) is 16.7 Å². The number of nitrogens with two attached hydrogens (primary N) is 1. The largest absolute Gasteiger partial charge is 0.460 e. The Bertz CT molecular complexity index is 918. The minimum atomic E-state index is -4.50. The Balaban J connectivity index is 1.65. The van der Waals surface area contributed by atoms with Crippen LogP contribution in [0.5, 0.6) is 0 Å². The molecule has 3 rings (SSSR count). The summed E-state index contributed by atoms with van der Waals surface area (Å²) in [6, 6.07) is 11.6. The molecule has 3 N–H and O–H groups in total. The van der Waals surface area contributed by atoms with E-state index in [0.717, 1.165) is 22.5 Å². The van der Waals surface area contributed by atoms with Gasteiger partial charge in [-0.15, -0.1) is 0 Å². The fourth-order valence-electron chi connectivity index (χ4n) is 2.80. The standard InChI is InChI=1S/C19H17F3N2O2/c20-19(21,22)15-7-3-1-5-12(15)11-26-18(25)16(23)9-13-10-24-17-8-4-2-6-14(13)17/h1-8,10,16,24H,9,11,23H2/t16-/m0/s1. The van der Waals surface area contributed by atoms with Gasteiger partial charge in [0.15, 0.2) is 0 Å². The van der Waals surface area contributed by atoms with E-state index in [4.69, 9.17) is 10.5 Å². The number of aromatic amines is 1. The molecule has 3 aromatic rings. The van der Waals surface area contributed by atoms with Gasteiger partial charge in [0, 0.05) is 29.1 Å². The summed E-state index contributed by atoms with van der Waals surface area (Å²) in [5.41, 5.74) is 6.72. The number of halogens is 3. The van der Waals surface area contributed by atoms with Gasteiger partial charge in [-0.25, -0.2) is 0 Å². The van der Waals surface area contributed by atoms with Crippen LogP contribution in [0.4, 0.5) is 13.2 Å². The van der Waals surface area contributed by atoms with Crippen LogP contribution in [-0.2, 0) is 28.7 Å². The van der Waals surface area contributed by atoms with Gasteiger partial charge in [0.1, 0.15) is 12.6 Å². The van der Waals surface area contributed by atoms with Crippen molar-refractivity contribution in [2.24, 2.45) is 5.73 Å². The molecular formula is C19H17F3N2O2. The van der Waals surface area contributed by atoms with Gasteiger partial charge in [-0.05, 0) is 17.7 Å². The highest BCUT2D eigenvalue weighted by Gasteiger charge is 2.33. The minimum absolute atomic E-state index is 0.104. The molecule has 1 atom stereocenters. The SMILES string of the molecule is N[C@@H](Cc1c[nH]c2ccccc12)C(=O)OCc1ccccc1C(F)(F)F. The Morgan fingerprint density at radius 1 is 1.08 bits per heavy atom. The summed E-state index contributed by atoms with van der Waals surface area (Å²) >= 11 is 0. The Labute approximate surface area is 147 Å². The van der Waals surface area contributed by atoms with Crippen LogP contribution in [0.25, 0.3) is 10.9 Å². The summed E-state index contributed by atoms with van der Waals surface area (Å²) in [6.45, 7) is -0.476. The number of hydrogen-bond acceptors (Lipinski definition) is 3. The molecule has 0 amide bonds. The predicted molar refractivity (Wildman–Crippen MR) is 91.2 cm³/mol. The first-order chi connectivity index (χ1) is 12.4. The van der Waals surface area contributed by atoms with Crippen LogP contribution in [0.15, 0.2) is 54.7 Å². The molecule has 2 aromatic carbocycles.